The van der Waals surface area contributed by atoms with E-state index in [9.17, 15) is 18.3 Å². The molecule has 280 valence electrons. The van der Waals surface area contributed by atoms with Crippen LogP contribution < -0.4 is 5.32 Å². The molecule has 7 aliphatic rings. The van der Waals surface area contributed by atoms with Crippen LogP contribution in [0, 0.1) is 56.7 Å². The Kier molecular flexibility index (Phi) is 9.08. The van der Waals surface area contributed by atoms with Crippen molar-refractivity contribution in [1.82, 2.24) is 10.2 Å². The van der Waals surface area contributed by atoms with Gasteiger partial charge in [0.05, 0.1) is 16.9 Å². The number of carbonyl (C=O) groups is 1. The molecule has 50 heavy (non-hydrogen) atoms. The molecule has 0 aromatic rings. The van der Waals surface area contributed by atoms with Gasteiger partial charge in [0, 0.05) is 31.7 Å². The minimum absolute atomic E-state index is 0.0789. The molecule has 2 N–H and O–H groups in total. The fourth-order valence-electron chi connectivity index (χ4n) is 14.4. The summed E-state index contributed by atoms with van der Waals surface area (Å²) >= 11 is 0. The number of rotatable bonds is 7. The van der Waals surface area contributed by atoms with Gasteiger partial charge in [0.25, 0.3) is 0 Å². The van der Waals surface area contributed by atoms with E-state index in [1.165, 1.54) is 68.1 Å². The molecule has 0 amide bonds. The number of hydrogen-bond acceptors (Lipinski definition) is 5. The first-order valence-corrected chi connectivity index (χ1v) is 22.1. The molecule has 5 fully saturated rings. The maximum atomic E-state index is 12.0. The molecule has 7 rings (SSSR count). The van der Waals surface area contributed by atoms with Gasteiger partial charge < -0.3 is 15.3 Å². The molecule has 0 aromatic heterocycles. The van der Waals surface area contributed by atoms with Crippen molar-refractivity contribution >= 4 is 15.8 Å². The number of sulfone groups is 1. The Hall–Kier alpha value is -1.44. The fourth-order valence-corrected chi connectivity index (χ4v) is 15.7. The van der Waals surface area contributed by atoms with E-state index in [0.717, 1.165) is 32.4 Å². The zero-order valence-corrected chi connectivity index (χ0v) is 33.3. The van der Waals surface area contributed by atoms with Crippen molar-refractivity contribution in [3.05, 3.63) is 35.5 Å². The number of hydrogen-bond donors (Lipinski definition) is 2. The molecule has 0 bridgehead atoms. The lowest BCUT2D eigenvalue weighted by Crippen LogP contribution is -2.68. The van der Waals surface area contributed by atoms with Crippen molar-refractivity contribution in [3.8, 4) is 0 Å². The van der Waals surface area contributed by atoms with Gasteiger partial charge >= 0.3 is 5.97 Å². The van der Waals surface area contributed by atoms with Gasteiger partial charge in [0.15, 0.2) is 9.84 Å². The van der Waals surface area contributed by atoms with E-state index >= 15 is 0 Å². The van der Waals surface area contributed by atoms with Crippen LogP contribution in [0.2, 0.25) is 0 Å². The van der Waals surface area contributed by atoms with Gasteiger partial charge in [-0.15, -0.1) is 0 Å². The Morgan fingerprint density at radius 3 is 2.26 bits per heavy atom. The number of fused-ring (bicyclic) bond motifs is 7. The topological polar surface area (TPSA) is 86.7 Å². The summed E-state index contributed by atoms with van der Waals surface area (Å²) < 4.78 is 24.1. The molecule has 1 aliphatic heterocycles. The summed E-state index contributed by atoms with van der Waals surface area (Å²) in [6.07, 6.45) is 18.5. The second-order valence-corrected chi connectivity index (χ2v) is 22.4. The van der Waals surface area contributed by atoms with E-state index in [0.29, 0.717) is 71.4 Å². The SMILES string of the molecule is C=C(C)C1CC[C@]2(NCCN3CCS(=O)(=O)CC3)CC[C@]3(C)[C@H](CC[C@@H]4[C@@]5(C)CC=C(C6=CCC(C)(C(=O)O)CC6)C(C)(C)[C@@H]5CC[C@]43C)[C@@H]12. The van der Waals surface area contributed by atoms with Gasteiger partial charge in [-0.1, -0.05) is 58.9 Å². The Labute approximate surface area is 304 Å². The summed E-state index contributed by atoms with van der Waals surface area (Å²) in [6, 6.07) is 0. The molecular formula is C43H68N2O4S. The average Bonchev–Trinajstić information content (AvgIpc) is 3.43. The Morgan fingerprint density at radius 2 is 1.62 bits per heavy atom. The van der Waals surface area contributed by atoms with E-state index in [-0.39, 0.29) is 16.4 Å². The van der Waals surface area contributed by atoms with Crippen LogP contribution in [0.3, 0.4) is 0 Å². The van der Waals surface area contributed by atoms with Gasteiger partial charge in [-0.25, -0.2) is 8.42 Å². The Morgan fingerprint density at radius 1 is 0.900 bits per heavy atom. The molecule has 7 heteroatoms. The third kappa shape index (κ3) is 5.50. The highest BCUT2D eigenvalue weighted by atomic mass is 32.2. The van der Waals surface area contributed by atoms with Crippen molar-refractivity contribution in [2.75, 3.05) is 37.7 Å². The number of nitrogens with zero attached hydrogens (tertiary/aromatic N) is 1. The molecule has 4 saturated carbocycles. The summed E-state index contributed by atoms with van der Waals surface area (Å²) in [6.45, 7) is 25.2. The van der Waals surface area contributed by atoms with Crippen molar-refractivity contribution in [2.45, 2.75) is 131 Å². The second kappa shape index (κ2) is 12.3. The van der Waals surface area contributed by atoms with Gasteiger partial charge in [0.2, 0.25) is 0 Å². The summed E-state index contributed by atoms with van der Waals surface area (Å²) in [5.74, 6) is 3.15. The van der Waals surface area contributed by atoms with Crippen molar-refractivity contribution < 1.29 is 18.3 Å². The third-order valence-electron chi connectivity index (χ3n) is 17.6. The summed E-state index contributed by atoms with van der Waals surface area (Å²) in [7, 11) is -2.86. The monoisotopic (exact) mass is 708 g/mol. The number of carboxylic acids is 1. The van der Waals surface area contributed by atoms with Crippen LogP contribution in [0.5, 0.6) is 0 Å². The third-order valence-corrected chi connectivity index (χ3v) is 19.2. The molecule has 6 nitrogen and oxygen atoms in total. The first-order valence-electron chi connectivity index (χ1n) is 20.3. The minimum Gasteiger partial charge on any atom is -0.481 e. The van der Waals surface area contributed by atoms with Crippen molar-refractivity contribution in [2.24, 2.45) is 56.7 Å². The average molecular weight is 709 g/mol. The lowest BCUT2D eigenvalue weighted by molar-refractivity contribution is -0.221. The molecule has 1 heterocycles. The number of carboxylic acid groups (broad SMARTS) is 1. The first kappa shape index (κ1) is 36.9. The van der Waals surface area contributed by atoms with Crippen molar-refractivity contribution in [1.29, 1.82) is 0 Å². The van der Waals surface area contributed by atoms with Crippen LogP contribution in [0.15, 0.2) is 35.5 Å². The fraction of sp³-hybridized carbons (Fsp3) is 0.837. The summed E-state index contributed by atoms with van der Waals surface area (Å²) in [5.41, 5.74) is 4.77. The van der Waals surface area contributed by atoms with Crippen LogP contribution in [-0.2, 0) is 14.6 Å². The molecule has 0 radical (unpaired) electrons. The van der Waals surface area contributed by atoms with Crippen LogP contribution in [0.25, 0.3) is 0 Å². The quantitative estimate of drug-likeness (QED) is 0.258. The number of allylic oxidation sites excluding steroid dienone is 5. The standard InChI is InChI=1S/C43H68N2O4S/c1-29(2)31-13-20-43(44-23-24-45-25-27-50(48,49)28-26-45)22-21-41(7)33(36(31)43)9-10-35-40(6)18-14-32(30-11-16-39(5,17-12-30)37(46)47)38(3,4)34(40)15-19-42(35,41)8/h11,14,31,33-36,44H,1,9-10,12-13,15-28H2,2-8H3,(H,46,47)/t31?,33-,34+,35-,36-,39?,40+,41-,42-,43+/m1/s1. The Bertz CT molecular complexity index is 1570. The highest BCUT2D eigenvalue weighted by Gasteiger charge is 2.70. The van der Waals surface area contributed by atoms with Gasteiger partial charge in [0.1, 0.15) is 0 Å². The molecule has 0 aromatic carbocycles. The highest BCUT2D eigenvalue weighted by molar-refractivity contribution is 7.91. The normalized spacial score (nSPS) is 46.7. The Balaban J connectivity index is 1.13. The first-order chi connectivity index (χ1) is 23.3. The van der Waals surface area contributed by atoms with E-state index in [1.54, 1.807) is 0 Å². The highest BCUT2D eigenvalue weighted by Crippen LogP contribution is 2.76. The molecule has 0 spiro atoms. The summed E-state index contributed by atoms with van der Waals surface area (Å²) in [5, 5.41) is 14.1. The maximum Gasteiger partial charge on any atom is 0.309 e. The number of aliphatic carboxylic acids is 1. The lowest BCUT2D eigenvalue weighted by atomic mass is 9.33. The molecule has 10 atom stereocenters. The second-order valence-electron chi connectivity index (χ2n) is 20.1. The molecule has 2 unspecified atom stereocenters. The van der Waals surface area contributed by atoms with E-state index in [1.807, 2.05) is 6.92 Å². The number of nitrogens with one attached hydrogen (secondary N) is 1. The molecule has 1 saturated heterocycles. The van der Waals surface area contributed by atoms with Crippen LogP contribution in [0.4, 0.5) is 0 Å². The zero-order chi connectivity index (χ0) is 36.1. The van der Waals surface area contributed by atoms with Gasteiger partial charge in [-0.2, -0.15) is 0 Å². The van der Waals surface area contributed by atoms with Crippen LogP contribution >= 0.6 is 0 Å². The van der Waals surface area contributed by atoms with E-state index < -0.39 is 21.2 Å². The predicted molar refractivity (Wildman–Crippen MR) is 204 cm³/mol. The van der Waals surface area contributed by atoms with Crippen LogP contribution in [-0.4, -0.2) is 67.6 Å². The van der Waals surface area contributed by atoms with Gasteiger partial charge in [-0.3, -0.25) is 4.79 Å². The van der Waals surface area contributed by atoms with Crippen molar-refractivity contribution in [3.63, 3.8) is 0 Å². The van der Waals surface area contributed by atoms with Crippen LogP contribution in [0.1, 0.15) is 126 Å². The maximum absolute atomic E-state index is 12.0. The summed E-state index contributed by atoms with van der Waals surface area (Å²) in [4.78, 5) is 14.3. The molecular weight excluding hydrogens is 641 g/mol. The molecule has 6 aliphatic carbocycles. The van der Waals surface area contributed by atoms with Gasteiger partial charge in [-0.05, 0) is 153 Å². The van der Waals surface area contributed by atoms with E-state index in [2.05, 4.69) is 70.5 Å². The van der Waals surface area contributed by atoms with E-state index in [4.69, 9.17) is 0 Å². The largest absolute Gasteiger partial charge is 0.481 e. The smallest absolute Gasteiger partial charge is 0.309 e. The lowest BCUT2D eigenvalue weighted by Gasteiger charge is -2.72. The zero-order valence-electron chi connectivity index (χ0n) is 32.5. The predicted octanol–water partition coefficient (Wildman–Crippen LogP) is 8.45. The minimum atomic E-state index is -2.86.